The number of rotatable bonds is 7. The molecular weight excluding hydrogens is 466 g/mol. The lowest BCUT2D eigenvalue weighted by atomic mass is 9.85. The van der Waals surface area contributed by atoms with Crippen LogP contribution in [0.2, 0.25) is 5.02 Å². The Bertz CT molecular complexity index is 1190. The lowest BCUT2D eigenvalue weighted by molar-refractivity contribution is 0.0322. The minimum atomic E-state index is -1.46. The molecule has 1 saturated heterocycles. The molecule has 3 aromatic carbocycles. The third kappa shape index (κ3) is 5.02. The molecular formula is C28H28ClNO5. The molecule has 182 valence electrons. The first-order chi connectivity index (χ1) is 17.1. The van der Waals surface area contributed by atoms with Crippen LogP contribution in [0.5, 0.6) is 17.2 Å². The summed E-state index contributed by atoms with van der Waals surface area (Å²) in [4.78, 5) is 2.33. The van der Waals surface area contributed by atoms with Crippen molar-refractivity contribution in [2.75, 3.05) is 46.6 Å². The fourth-order valence-electron chi connectivity index (χ4n) is 4.39. The third-order valence-electron chi connectivity index (χ3n) is 6.37. The molecule has 0 radical (unpaired) electrons. The molecule has 0 saturated carbocycles. The maximum atomic E-state index is 12.1. The van der Waals surface area contributed by atoms with Crippen LogP contribution >= 0.6 is 11.6 Å². The Morgan fingerprint density at radius 3 is 2.43 bits per heavy atom. The molecule has 1 atom stereocenters. The van der Waals surface area contributed by atoms with Gasteiger partial charge in [0.2, 0.25) is 0 Å². The Balaban J connectivity index is 1.41. The molecule has 2 aliphatic rings. The van der Waals surface area contributed by atoms with E-state index < -0.39 is 5.60 Å². The third-order valence-corrected chi connectivity index (χ3v) is 6.63. The summed E-state index contributed by atoms with van der Waals surface area (Å²) in [5.41, 5.74) is 0.737. The minimum absolute atomic E-state index is 0.407. The monoisotopic (exact) mass is 493 g/mol. The van der Waals surface area contributed by atoms with Gasteiger partial charge in [0.1, 0.15) is 29.6 Å². The average molecular weight is 494 g/mol. The number of hydrogen-bond donors (Lipinski definition) is 1. The summed E-state index contributed by atoms with van der Waals surface area (Å²) in [6.45, 7) is 4.86. The molecule has 7 heteroatoms. The van der Waals surface area contributed by atoms with Gasteiger partial charge in [-0.25, -0.2) is 0 Å². The van der Waals surface area contributed by atoms with Gasteiger partial charge < -0.3 is 24.1 Å². The standard InChI is InChI=1S/C28H28ClNO5/c1-32-24-10-11-25-26(19-24)35-27(18-20-2-6-22(29)7-3-20)28(25,31)21-4-8-23(9-5-21)34-17-14-30-12-15-33-16-13-30/h2-11,18-19,31H,12-17H2,1H3. The van der Waals surface area contributed by atoms with Crippen LogP contribution in [-0.2, 0) is 10.3 Å². The number of hydrogen-bond acceptors (Lipinski definition) is 6. The van der Waals surface area contributed by atoms with Crippen molar-refractivity contribution in [2.24, 2.45) is 0 Å². The molecule has 0 amide bonds. The van der Waals surface area contributed by atoms with E-state index in [0.29, 0.717) is 40.0 Å². The van der Waals surface area contributed by atoms with E-state index in [9.17, 15) is 5.11 Å². The molecule has 3 aromatic rings. The van der Waals surface area contributed by atoms with Crippen molar-refractivity contribution in [2.45, 2.75) is 5.60 Å². The van der Waals surface area contributed by atoms with Crippen LogP contribution in [0, 0.1) is 0 Å². The average Bonchev–Trinajstić information content (AvgIpc) is 3.17. The van der Waals surface area contributed by atoms with Gasteiger partial charge in [0.05, 0.1) is 20.3 Å². The SMILES string of the molecule is COc1ccc2c(c1)OC(=Cc1ccc(Cl)cc1)C2(O)c1ccc(OCCN2CCOCC2)cc1. The zero-order valence-corrected chi connectivity index (χ0v) is 20.3. The van der Waals surface area contributed by atoms with E-state index in [1.165, 1.54) is 0 Å². The van der Waals surface area contributed by atoms with E-state index in [-0.39, 0.29) is 0 Å². The van der Waals surface area contributed by atoms with E-state index in [0.717, 1.165) is 44.2 Å². The number of benzene rings is 3. The second-order valence-electron chi connectivity index (χ2n) is 8.56. The Kier molecular flexibility index (Phi) is 6.97. The molecule has 0 bridgehead atoms. The van der Waals surface area contributed by atoms with Gasteiger partial charge in [0, 0.05) is 36.3 Å². The van der Waals surface area contributed by atoms with Crippen molar-refractivity contribution in [3.05, 3.63) is 94.2 Å². The number of methoxy groups -OCH3 is 1. The van der Waals surface area contributed by atoms with Gasteiger partial charge in [-0.1, -0.05) is 35.9 Å². The van der Waals surface area contributed by atoms with Crippen LogP contribution in [-0.4, -0.2) is 56.6 Å². The largest absolute Gasteiger partial charge is 0.497 e. The highest BCUT2D eigenvalue weighted by Gasteiger charge is 2.45. The quantitative estimate of drug-likeness (QED) is 0.513. The van der Waals surface area contributed by atoms with Crippen molar-refractivity contribution in [1.82, 2.24) is 4.90 Å². The molecule has 1 unspecified atom stereocenters. The van der Waals surface area contributed by atoms with Crippen molar-refractivity contribution in [3.8, 4) is 17.2 Å². The van der Waals surface area contributed by atoms with Crippen LogP contribution in [0.3, 0.4) is 0 Å². The molecule has 0 aromatic heterocycles. The summed E-state index contributed by atoms with van der Waals surface area (Å²) in [6, 6.07) is 20.3. The predicted molar refractivity (Wildman–Crippen MR) is 135 cm³/mol. The number of aliphatic hydroxyl groups is 1. The fourth-order valence-corrected chi connectivity index (χ4v) is 4.52. The van der Waals surface area contributed by atoms with Crippen LogP contribution in [0.4, 0.5) is 0 Å². The Hall–Kier alpha value is -3.03. The number of ether oxygens (including phenoxy) is 4. The van der Waals surface area contributed by atoms with Crippen LogP contribution in [0.1, 0.15) is 16.7 Å². The van der Waals surface area contributed by atoms with Gasteiger partial charge in [0.15, 0.2) is 5.60 Å². The topological polar surface area (TPSA) is 60.4 Å². The van der Waals surface area contributed by atoms with Crippen molar-refractivity contribution in [1.29, 1.82) is 0 Å². The molecule has 2 aliphatic heterocycles. The Labute approximate surface area is 210 Å². The second-order valence-corrected chi connectivity index (χ2v) is 9.00. The minimum Gasteiger partial charge on any atom is -0.497 e. The zero-order chi connectivity index (χ0) is 24.3. The first-order valence-corrected chi connectivity index (χ1v) is 12.0. The normalized spacial score (nSPS) is 20.9. The van der Waals surface area contributed by atoms with E-state index >= 15 is 0 Å². The highest BCUT2D eigenvalue weighted by atomic mass is 35.5. The van der Waals surface area contributed by atoms with E-state index in [1.54, 1.807) is 25.3 Å². The van der Waals surface area contributed by atoms with Crippen LogP contribution in [0.25, 0.3) is 6.08 Å². The molecule has 1 N–H and O–H groups in total. The molecule has 0 aliphatic carbocycles. The van der Waals surface area contributed by atoms with E-state index in [4.69, 9.17) is 30.5 Å². The van der Waals surface area contributed by atoms with Crippen LogP contribution < -0.4 is 14.2 Å². The number of nitrogens with zero attached hydrogens (tertiary/aromatic N) is 1. The summed E-state index contributed by atoms with van der Waals surface area (Å²) in [6.07, 6.45) is 1.83. The van der Waals surface area contributed by atoms with Crippen molar-refractivity contribution < 1.29 is 24.1 Å². The highest BCUT2D eigenvalue weighted by molar-refractivity contribution is 6.30. The number of morpholine rings is 1. The van der Waals surface area contributed by atoms with Gasteiger partial charge >= 0.3 is 0 Å². The second kappa shape index (κ2) is 10.3. The molecule has 35 heavy (non-hydrogen) atoms. The number of halogens is 1. The lowest BCUT2D eigenvalue weighted by Crippen LogP contribution is -2.38. The summed E-state index contributed by atoms with van der Waals surface area (Å²) < 4.78 is 22.9. The summed E-state index contributed by atoms with van der Waals surface area (Å²) in [5, 5.41) is 12.7. The fraction of sp³-hybridized carbons (Fsp3) is 0.286. The summed E-state index contributed by atoms with van der Waals surface area (Å²) in [7, 11) is 1.60. The predicted octanol–water partition coefficient (Wildman–Crippen LogP) is 4.73. The highest BCUT2D eigenvalue weighted by Crippen LogP contribution is 2.49. The smallest absolute Gasteiger partial charge is 0.176 e. The molecule has 0 spiro atoms. The first-order valence-electron chi connectivity index (χ1n) is 11.7. The van der Waals surface area contributed by atoms with Gasteiger partial charge in [-0.2, -0.15) is 0 Å². The first kappa shape index (κ1) is 23.7. The van der Waals surface area contributed by atoms with Crippen molar-refractivity contribution >= 4 is 17.7 Å². The zero-order valence-electron chi connectivity index (χ0n) is 19.6. The maximum Gasteiger partial charge on any atom is 0.176 e. The summed E-state index contributed by atoms with van der Waals surface area (Å²) in [5.74, 6) is 2.37. The van der Waals surface area contributed by atoms with Gasteiger partial charge in [-0.15, -0.1) is 0 Å². The molecule has 1 fully saturated rings. The van der Waals surface area contributed by atoms with E-state index in [1.807, 2.05) is 54.6 Å². The molecule has 5 rings (SSSR count). The Morgan fingerprint density at radius 2 is 1.71 bits per heavy atom. The van der Waals surface area contributed by atoms with Gasteiger partial charge in [-0.3, -0.25) is 4.90 Å². The summed E-state index contributed by atoms with van der Waals surface area (Å²) >= 11 is 6.05. The molecule has 2 heterocycles. The van der Waals surface area contributed by atoms with Crippen molar-refractivity contribution in [3.63, 3.8) is 0 Å². The lowest BCUT2D eigenvalue weighted by Gasteiger charge is -2.26. The molecule has 6 nitrogen and oxygen atoms in total. The van der Waals surface area contributed by atoms with E-state index in [2.05, 4.69) is 4.90 Å². The maximum absolute atomic E-state index is 12.1. The number of fused-ring (bicyclic) bond motifs is 1. The Morgan fingerprint density at radius 1 is 1.00 bits per heavy atom. The van der Waals surface area contributed by atoms with Gasteiger partial charge in [0.25, 0.3) is 0 Å². The van der Waals surface area contributed by atoms with Crippen LogP contribution in [0.15, 0.2) is 72.5 Å². The van der Waals surface area contributed by atoms with Gasteiger partial charge in [-0.05, 0) is 53.6 Å².